The minimum absolute atomic E-state index is 0.0472. The van der Waals surface area contributed by atoms with Crippen LogP contribution in [0.5, 0.6) is 5.75 Å². The molecule has 4 rings (SSSR count). The number of hydrogen-bond acceptors (Lipinski definition) is 4. The van der Waals surface area contributed by atoms with E-state index < -0.39 is 5.82 Å². The van der Waals surface area contributed by atoms with Crippen molar-refractivity contribution in [3.05, 3.63) is 94.1 Å². The number of carbonyl (C=O) groups is 2. The second kappa shape index (κ2) is 9.83. The number of carbonyl (C=O) groups excluding carboxylic acids is 2. The maximum Gasteiger partial charge on any atom is 0.266 e. The molecule has 3 aromatic carbocycles. The number of para-hydroxylation sites is 1. The smallest absolute Gasteiger partial charge is 0.266 e. The number of nitrogens with one attached hydrogen (secondary N) is 2. The molecule has 0 bridgehead atoms. The van der Waals surface area contributed by atoms with Gasteiger partial charge in [-0.25, -0.2) is 4.39 Å². The summed E-state index contributed by atoms with van der Waals surface area (Å²) in [6.45, 7) is 4.24. The SMILES string of the molecule is CCNC(=O)c1ccc(C)c(NC(=O)c2sc3cccc(F)c3c2COc2ccccc2)c1. The average molecular weight is 463 g/mol. The number of anilines is 1. The highest BCUT2D eigenvalue weighted by atomic mass is 32.1. The van der Waals surface area contributed by atoms with E-state index in [0.29, 0.717) is 44.1 Å². The summed E-state index contributed by atoms with van der Waals surface area (Å²) in [6, 6.07) is 19.1. The highest BCUT2D eigenvalue weighted by Crippen LogP contribution is 2.35. The molecule has 0 unspecified atom stereocenters. The summed E-state index contributed by atoms with van der Waals surface area (Å²) >= 11 is 1.21. The number of benzene rings is 3. The van der Waals surface area contributed by atoms with Crippen molar-refractivity contribution in [1.29, 1.82) is 0 Å². The van der Waals surface area contributed by atoms with Crippen molar-refractivity contribution < 1.29 is 18.7 Å². The van der Waals surface area contributed by atoms with E-state index in [-0.39, 0.29) is 18.4 Å². The normalized spacial score (nSPS) is 10.8. The average Bonchev–Trinajstić information content (AvgIpc) is 3.20. The van der Waals surface area contributed by atoms with Crippen molar-refractivity contribution in [2.75, 3.05) is 11.9 Å². The van der Waals surface area contributed by atoms with Gasteiger partial charge in [0, 0.05) is 33.4 Å². The first-order valence-corrected chi connectivity index (χ1v) is 11.4. The van der Waals surface area contributed by atoms with E-state index in [1.54, 1.807) is 42.5 Å². The number of fused-ring (bicyclic) bond motifs is 1. The van der Waals surface area contributed by atoms with E-state index >= 15 is 0 Å². The van der Waals surface area contributed by atoms with Crippen molar-refractivity contribution in [2.45, 2.75) is 20.5 Å². The molecule has 0 spiro atoms. The Hall–Kier alpha value is -3.71. The predicted octanol–water partition coefficient (Wildman–Crippen LogP) is 5.93. The van der Waals surface area contributed by atoms with Gasteiger partial charge in [-0.05, 0) is 55.8 Å². The first-order chi connectivity index (χ1) is 16.0. The molecule has 0 radical (unpaired) electrons. The molecule has 0 aliphatic rings. The molecule has 0 saturated carbocycles. The first-order valence-electron chi connectivity index (χ1n) is 10.6. The van der Waals surface area contributed by atoms with Crippen LogP contribution >= 0.6 is 11.3 Å². The van der Waals surface area contributed by atoms with E-state index in [9.17, 15) is 14.0 Å². The van der Waals surface area contributed by atoms with Gasteiger partial charge in [-0.3, -0.25) is 9.59 Å². The van der Waals surface area contributed by atoms with E-state index in [1.165, 1.54) is 17.4 Å². The Morgan fingerprint density at radius 3 is 2.55 bits per heavy atom. The van der Waals surface area contributed by atoms with Gasteiger partial charge in [-0.15, -0.1) is 11.3 Å². The minimum Gasteiger partial charge on any atom is -0.489 e. The van der Waals surface area contributed by atoms with Crippen molar-refractivity contribution in [1.82, 2.24) is 5.32 Å². The second-order valence-electron chi connectivity index (χ2n) is 7.47. The Morgan fingerprint density at radius 1 is 1.00 bits per heavy atom. The summed E-state index contributed by atoms with van der Waals surface area (Å²) in [5.41, 5.74) is 2.28. The van der Waals surface area contributed by atoms with Crippen molar-refractivity contribution in [2.24, 2.45) is 0 Å². The maximum atomic E-state index is 14.7. The summed E-state index contributed by atoms with van der Waals surface area (Å²) in [5.74, 6) is -0.360. The van der Waals surface area contributed by atoms with Gasteiger partial charge in [0.15, 0.2) is 0 Å². The topological polar surface area (TPSA) is 67.4 Å². The van der Waals surface area contributed by atoms with Gasteiger partial charge < -0.3 is 15.4 Å². The van der Waals surface area contributed by atoms with E-state index in [1.807, 2.05) is 32.0 Å². The molecule has 0 atom stereocenters. The molecule has 0 saturated heterocycles. The summed E-state index contributed by atoms with van der Waals surface area (Å²) in [7, 11) is 0. The van der Waals surface area contributed by atoms with Crippen LogP contribution in [0.4, 0.5) is 10.1 Å². The van der Waals surface area contributed by atoms with Gasteiger partial charge in [0.05, 0.1) is 0 Å². The Kier molecular flexibility index (Phi) is 6.70. The zero-order valence-corrected chi connectivity index (χ0v) is 19.1. The fourth-order valence-corrected chi connectivity index (χ4v) is 4.62. The van der Waals surface area contributed by atoms with Crippen LogP contribution in [0.15, 0.2) is 66.7 Å². The first kappa shape index (κ1) is 22.5. The van der Waals surface area contributed by atoms with E-state index in [0.717, 1.165) is 5.56 Å². The minimum atomic E-state index is -0.399. The third-order valence-electron chi connectivity index (χ3n) is 5.18. The zero-order valence-electron chi connectivity index (χ0n) is 18.3. The number of thiophene rings is 1. The third kappa shape index (κ3) is 4.88. The maximum absolute atomic E-state index is 14.7. The largest absolute Gasteiger partial charge is 0.489 e. The quantitative estimate of drug-likeness (QED) is 0.358. The van der Waals surface area contributed by atoms with Crippen LogP contribution in [0.3, 0.4) is 0 Å². The molecule has 2 N–H and O–H groups in total. The van der Waals surface area contributed by atoms with Gasteiger partial charge in [0.1, 0.15) is 23.1 Å². The lowest BCUT2D eigenvalue weighted by Gasteiger charge is -2.12. The van der Waals surface area contributed by atoms with Gasteiger partial charge >= 0.3 is 0 Å². The van der Waals surface area contributed by atoms with Crippen LogP contribution in [0.25, 0.3) is 10.1 Å². The number of ether oxygens (including phenoxy) is 1. The highest BCUT2D eigenvalue weighted by Gasteiger charge is 2.22. The Balaban J connectivity index is 1.68. The van der Waals surface area contributed by atoms with Crippen LogP contribution in [-0.4, -0.2) is 18.4 Å². The Bertz CT molecular complexity index is 1320. The number of amides is 2. The van der Waals surface area contributed by atoms with Crippen molar-refractivity contribution in [3.8, 4) is 5.75 Å². The lowest BCUT2D eigenvalue weighted by atomic mass is 10.1. The van der Waals surface area contributed by atoms with Crippen LogP contribution in [0, 0.1) is 12.7 Å². The molecule has 7 heteroatoms. The van der Waals surface area contributed by atoms with Gasteiger partial charge in [-0.1, -0.05) is 30.3 Å². The van der Waals surface area contributed by atoms with E-state index in [4.69, 9.17) is 4.74 Å². The van der Waals surface area contributed by atoms with Crippen molar-refractivity contribution >= 4 is 38.9 Å². The molecular weight excluding hydrogens is 439 g/mol. The van der Waals surface area contributed by atoms with Gasteiger partial charge in [-0.2, -0.15) is 0 Å². The third-order valence-corrected chi connectivity index (χ3v) is 6.38. The Morgan fingerprint density at radius 2 is 1.79 bits per heavy atom. The van der Waals surface area contributed by atoms with Gasteiger partial charge in [0.2, 0.25) is 0 Å². The standard InChI is InChI=1S/C26H23FN2O3S/c1-3-28-25(30)17-13-12-16(2)21(14-17)29-26(31)24-19(15-32-18-8-5-4-6-9-18)23-20(27)10-7-11-22(23)33-24/h4-14H,3,15H2,1-2H3,(H,28,30)(H,29,31). The predicted molar refractivity (Wildman–Crippen MR) is 130 cm³/mol. The second-order valence-corrected chi connectivity index (χ2v) is 8.52. The molecule has 5 nitrogen and oxygen atoms in total. The number of hydrogen-bond donors (Lipinski definition) is 2. The van der Waals surface area contributed by atoms with Crippen LogP contribution < -0.4 is 15.4 Å². The Labute approximate surface area is 195 Å². The van der Waals surface area contributed by atoms with Crippen LogP contribution in [0.1, 0.15) is 38.1 Å². The van der Waals surface area contributed by atoms with E-state index in [2.05, 4.69) is 10.6 Å². The number of rotatable bonds is 7. The molecule has 4 aromatic rings. The molecule has 0 aliphatic heterocycles. The van der Waals surface area contributed by atoms with Crippen LogP contribution in [-0.2, 0) is 6.61 Å². The molecule has 1 heterocycles. The number of aryl methyl sites for hydroxylation is 1. The van der Waals surface area contributed by atoms with Crippen LogP contribution in [0.2, 0.25) is 0 Å². The summed E-state index contributed by atoms with van der Waals surface area (Å²) < 4.78 is 21.3. The monoisotopic (exact) mass is 462 g/mol. The summed E-state index contributed by atoms with van der Waals surface area (Å²) in [6.07, 6.45) is 0. The molecule has 0 aliphatic carbocycles. The molecule has 168 valence electrons. The summed E-state index contributed by atoms with van der Waals surface area (Å²) in [4.78, 5) is 25.9. The molecule has 33 heavy (non-hydrogen) atoms. The zero-order chi connectivity index (χ0) is 23.4. The summed E-state index contributed by atoms with van der Waals surface area (Å²) in [5, 5.41) is 6.03. The van der Waals surface area contributed by atoms with Gasteiger partial charge in [0.25, 0.3) is 11.8 Å². The molecule has 0 fully saturated rings. The van der Waals surface area contributed by atoms with Crippen molar-refractivity contribution in [3.63, 3.8) is 0 Å². The molecule has 2 amide bonds. The lowest BCUT2D eigenvalue weighted by molar-refractivity contribution is 0.0954. The molecular formula is C26H23FN2O3S. The molecule has 1 aromatic heterocycles. The highest BCUT2D eigenvalue weighted by molar-refractivity contribution is 7.21. The lowest BCUT2D eigenvalue weighted by Crippen LogP contribution is -2.23. The number of halogens is 1. The fraction of sp³-hybridized carbons (Fsp3) is 0.154. The fourth-order valence-electron chi connectivity index (χ4n) is 3.50.